The number of anilines is 1. The van der Waals surface area contributed by atoms with E-state index < -0.39 is 18.0 Å². The third kappa shape index (κ3) is 5.28. The van der Waals surface area contributed by atoms with Crippen molar-refractivity contribution in [2.45, 2.75) is 20.0 Å². The van der Waals surface area contributed by atoms with Gasteiger partial charge in [0.25, 0.3) is 5.91 Å². The number of carbonyl (C=O) groups is 2. The fourth-order valence-electron chi connectivity index (χ4n) is 1.95. The maximum absolute atomic E-state index is 12.0. The van der Waals surface area contributed by atoms with Gasteiger partial charge in [0.05, 0.1) is 5.02 Å². The number of aryl methyl sites for hydroxylation is 1. The van der Waals surface area contributed by atoms with Crippen molar-refractivity contribution in [3.8, 4) is 5.75 Å². The van der Waals surface area contributed by atoms with E-state index in [1.165, 1.54) is 6.92 Å². The SMILES string of the molecule is Cc1cccc(NC(=O)[C@H](C)OC(=O)COc2ccccc2Cl)c1. The van der Waals surface area contributed by atoms with Gasteiger partial charge in [0.15, 0.2) is 12.7 Å². The minimum atomic E-state index is -0.937. The smallest absolute Gasteiger partial charge is 0.344 e. The van der Waals surface area contributed by atoms with E-state index in [-0.39, 0.29) is 6.61 Å². The Bertz CT molecular complexity index is 732. The lowest BCUT2D eigenvalue weighted by molar-refractivity contribution is -0.155. The van der Waals surface area contributed by atoms with Crippen molar-refractivity contribution in [3.05, 3.63) is 59.1 Å². The predicted molar refractivity (Wildman–Crippen MR) is 92.3 cm³/mol. The third-order valence-corrected chi connectivity index (χ3v) is 3.46. The van der Waals surface area contributed by atoms with Gasteiger partial charge in [-0.15, -0.1) is 0 Å². The van der Waals surface area contributed by atoms with Crippen molar-refractivity contribution in [1.29, 1.82) is 0 Å². The molecule has 0 aliphatic carbocycles. The van der Waals surface area contributed by atoms with Crippen molar-refractivity contribution >= 4 is 29.2 Å². The van der Waals surface area contributed by atoms with Gasteiger partial charge in [-0.05, 0) is 43.7 Å². The summed E-state index contributed by atoms with van der Waals surface area (Å²) in [5.41, 5.74) is 1.67. The molecule has 1 N–H and O–H groups in total. The summed E-state index contributed by atoms with van der Waals surface area (Å²) in [7, 11) is 0. The number of hydrogen-bond donors (Lipinski definition) is 1. The van der Waals surface area contributed by atoms with Crippen LogP contribution in [-0.2, 0) is 14.3 Å². The van der Waals surface area contributed by atoms with Crippen LogP contribution in [0.4, 0.5) is 5.69 Å². The van der Waals surface area contributed by atoms with Crippen molar-refractivity contribution in [2.75, 3.05) is 11.9 Å². The minimum absolute atomic E-state index is 0.328. The van der Waals surface area contributed by atoms with Gasteiger partial charge >= 0.3 is 5.97 Å². The topological polar surface area (TPSA) is 64.6 Å². The molecule has 5 nitrogen and oxygen atoms in total. The number of benzene rings is 2. The number of nitrogens with one attached hydrogen (secondary N) is 1. The summed E-state index contributed by atoms with van der Waals surface area (Å²) in [6.07, 6.45) is -0.937. The van der Waals surface area contributed by atoms with Crippen LogP contribution in [-0.4, -0.2) is 24.6 Å². The fourth-order valence-corrected chi connectivity index (χ4v) is 2.14. The molecule has 2 rings (SSSR count). The molecular weight excluding hydrogens is 330 g/mol. The standard InChI is InChI=1S/C18H18ClNO4/c1-12-6-5-7-14(10-12)20-18(22)13(2)24-17(21)11-23-16-9-4-3-8-15(16)19/h3-10,13H,11H2,1-2H3,(H,20,22)/t13-/m0/s1. The van der Waals surface area contributed by atoms with Crippen molar-refractivity contribution in [3.63, 3.8) is 0 Å². The van der Waals surface area contributed by atoms with E-state index in [0.29, 0.717) is 16.5 Å². The van der Waals surface area contributed by atoms with Gasteiger partial charge in [0.2, 0.25) is 0 Å². The summed E-state index contributed by atoms with van der Waals surface area (Å²) in [6.45, 7) is 3.09. The van der Waals surface area contributed by atoms with Gasteiger partial charge in [0, 0.05) is 5.69 Å². The van der Waals surface area contributed by atoms with Crippen LogP contribution in [0.25, 0.3) is 0 Å². The molecule has 0 aromatic heterocycles. The van der Waals surface area contributed by atoms with Gasteiger partial charge < -0.3 is 14.8 Å². The summed E-state index contributed by atoms with van der Waals surface area (Å²) >= 11 is 5.93. The van der Waals surface area contributed by atoms with Gasteiger partial charge in [-0.3, -0.25) is 4.79 Å². The van der Waals surface area contributed by atoms with Crippen LogP contribution in [0.2, 0.25) is 5.02 Å². The molecule has 0 fully saturated rings. The van der Waals surface area contributed by atoms with Crippen molar-refractivity contribution < 1.29 is 19.1 Å². The molecule has 0 radical (unpaired) electrons. The van der Waals surface area contributed by atoms with Crippen LogP contribution in [0.15, 0.2) is 48.5 Å². The average Bonchev–Trinajstić information content (AvgIpc) is 2.54. The van der Waals surface area contributed by atoms with E-state index in [4.69, 9.17) is 21.1 Å². The molecule has 0 saturated heterocycles. The van der Waals surface area contributed by atoms with Crippen LogP contribution in [0.5, 0.6) is 5.75 Å². The van der Waals surface area contributed by atoms with E-state index in [0.717, 1.165) is 5.56 Å². The summed E-state index contributed by atoms with van der Waals surface area (Å²) in [5.74, 6) is -0.679. The second kappa shape index (κ2) is 8.36. The van der Waals surface area contributed by atoms with Crippen molar-refractivity contribution in [1.82, 2.24) is 0 Å². The minimum Gasteiger partial charge on any atom is -0.480 e. The third-order valence-electron chi connectivity index (χ3n) is 3.15. The maximum Gasteiger partial charge on any atom is 0.344 e. The Morgan fingerprint density at radius 1 is 1.17 bits per heavy atom. The molecule has 126 valence electrons. The number of hydrogen-bond acceptors (Lipinski definition) is 4. The molecule has 0 heterocycles. The Balaban J connectivity index is 1.82. The lowest BCUT2D eigenvalue weighted by Crippen LogP contribution is -2.31. The normalized spacial score (nSPS) is 11.5. The van der Waals surface area contributed by atoms with E-state index in [1.807, 2.05) is 25.1 Å². The zero-order valence-electron chi connectivity index (χ0n) is 13.4. The first-order valence-electron chi connectivity index (χ1n) is 7.40. The highest BCUT2D eigenvalue weighted by Crippen LogP contribution is 2.22. The van der Waals surface area contributed by atoms with Gasteiger partial charge in [0.1, 0.15) is 5.75 Å². The second-order valence-electron chi connectivity index (χ2n) is 5.21. The monoisotopic (exact) mass is 347 g/mol. The number of halogens is 1. The van der Waals surface area contributed by atoms with E-state index in [1.54, 1.807) is 30.3 Å². The van der Waals surface area contributed by atoms with Gasteiger partial charge in [-0.25, -0.2) is 4.79 Å². The largest absolute Gasteiger partial charge is 0.480 e. The Morgan fingerprint density at radius 3 is 2.62 bits per heavy atom. The van der Waals surface area contributed by atoms with Crippen molar-refractivity contribution in [2.24, 2.45) is 0 Å². The first-order chi connectivity index (χ1) is 11.5. The van der Waals surface area contributed by atoms with Crippen LogP contribution in [0, 0.1) is 6.92 Å². The first-order valence-corrected chi connectivity index (χ1v) is 7.78. The van der Waals surface area contributed by atoms with E-state index >= 15 is 0 Å². The summed E-state index contributed by atoms with van der Waals surface area (Å²) < 4.78 is 10.3. The number of rotatable bonds is 6. The molecule has 0 aliphatic rings. The van der Waals surface area contributed by atoms with E-state index in [9.17, 15) is 9.59 Å². The second-order valence-corrected chi connectivity index (χ2v) is 5.62. The quantitative estimate of drug-likeness (QED) is 0.811. The number of esters is 1. The molecule has 1 atom stereocenters. The number of carbonyl (C=O) groups excluding carboxylic acids is 2. The number of ether oxygens (including phenoxy) is 2. The first kappa shape index (κ1) is 17.8. The Hall–Kier alpha value is -2.53. The molecule has 0 bridgehead atoms. The predicted octanol–water partition coefficient (Wildman–Crippen LogP) is 3.60. The molecule has 0 spiro atoms. The Kier molecular flexibility index (Phi) is 6.21. The average molecular weight is 348 g/mol. The fraction of sp³-hybridized carbons (Fsp3) is 0.222. The van der Waals surface area contributed by atoms with Gasteiger partial charge in [-0.1, -0.05) is 35.9 Å². The molecule has 24 heavy (non-hydrogen) atoms. The highest BCUT2D eigenvalue weighted by atomic mass is 35.5. The molecule has 1 amide bonds. The zero-order valence-corrected chi connectivity index (χ0v) is 14.2. The molecular formula is C18H18ClNO4. The lowest BCUT2D eigenvalue weighted by atomic mass is 10.2. The highest BCUT2D eigenvalue weighted by Gasteiger charge is 2.18. The summed E-state index contributed by atoms with van der Waals surface area (Å²) in [5, 5.41) is 3.09. The summed E-state index contributed by atoms with van der Waals surface area (Å²) in [6, 6.07) is 14.1. The maximum atomic E-state index is 12.0. The number of amides is 1. The van der Waals surface area contributed by atoms with E-state index in [2.05, 4.69) is 5.32 Å². The molecule has 0 aliphatic heterocycles. The molecule has 2 aromatic rings. The Labute approximate surface area is 145 Å². The lowest BCUT2D eigenvalue weighted by Gasteiger charge is -2.14. The zero-order chi connectivity index (χ0) is 17.5. The molecule has 0 unspecified atom stereocenters. The Morgan fingerprint density at radius 2 is 1.92 bits per heavy atom. The molecule has 6 heteroatoms. The summed E-state index contributed by atoms with van der Waals surface area (Å²) in [4.78, 5) is 23.8. The van der Waals surface area contributed by atoms with Crippen LogP contribution < -0.4 is 10.1 Å². The highest BCUT2D eigenvalue weighted by molar-refractivity contribution is 6.32. The molecule has 2 aromatic carbocycles. The number of para-hydroxylation sites is 1. The van der Waals surface area contributed by atoms with Crippen LogP contribution in [0.1, 0.15) is 12.5 Å². The molecule has 0 saturated carbocycles. The van der Waals surface area contributed by atoms with Crippen LogP contribution in [0.3, 0.4) is 0 Å². The van der Waals surface area contributed by atoms with Crippen LogP contribution >= 0.6 is 11.6 Å². The van der Waals surface area contributed by atoms with Gasteiger partial charge in [-0.2, -0.15) is 0 Å².